The van der Waals surface area contributed by atoms with Gasteiger partial charge in [-0.15, -0.1) is 11.3 Å². The Morgan fingerprint density at radius 3 is 2.67 bits per heavy atom. The number of carbonyl (C=O) groups is 1. The van der Waals surface area contributed by atoms with E-state index in [2.05, 4.69) is 37.2 Å². The summed E-state index contributed by atoms with van der Waals surface area (Å²) in [7, 11) is 0. The predicted molar refractivity (Wildman–Crippen MR) is 82.1 cm³/mol. The van der Waals surface area contributed by atoms with Crippen LogP contribution in [0.25, 0.3) is 0 Å². The third-order valence-corrected chi connectivity index (χ3v) is 5.34. The van der Waals surface area contributed by atoms with Crippen LogP contribution in [0.15, 0.2) is 38.6 Å². The standard InChI is InChI=1S/C13H11Br2NOS/c1-8-6-9(2-3-10(8)14)13(17)16-7-12-11(15)4-5-18-12/h2-6H,7H2,1H3,(H,16,17). The number of nitrogens with one attached hydrogen (secondary N) is 1. The van der Waals surface area contributed by atoms with E-state index < -0.39 is 0 Å². The normalized spacial score (nSPS) is 10.4. The Labute approximate surface area is 127 Å². The Bertz CT molecular complexity index is 580. The third-order valence-electron chi connectivity index (χ3n) is 2.52. The first-order valence-corrected chi connectivity index (χ1v) is 7.80. The Balaban J connectivity index is 2.04. The van der Waals surface area contributed by atoms with Crippen LogP contribution in [0.3, 0.4) is 0 Å². The van der Waals surface area contributed by atoms with Gasteiger partial charge in [-0.3, -0.25) is 4.79 Å². The van der Waals surface area contributed by atoms with Gasteiger partial charge in [0.2, 0.25) is 0 Å². The summed E-state index contributed by atoms with van der Waals surface area (Å²) >= 11 is 8.49. The summed E-state index contributed by atoms with van der Waals surface area (Å²) < 4.78 is 2.06. The molecule has 1 N–H and O–H groups in total. The highest BCUT2D eigenvalue weighted by atomic mass is 79.9. The van der Waals surface area contributed by atoms with Crippen LogP contribution in [-0.4, -0.2) is 5.91 Å². The van der Waals surface area contributed by atoms with Crippen molar-refractivity contribution in [1.82, 2.24) is 5.32 Å². The van der Waals surface area contributed by atoms with Crippen molar-refractivity contribution in [3.63, 3.8) is 0 Å². The number of halogens is 2. The van der Waals surface area contributed by atoms with Crippen molar-refractivity contribution in [3.8, 4) is 0 Å². The lowest BCUT2D eigenvalue weighted by Gasteiger charge is -2.06. The van der Waals surface area contributed by atoms with Crippen LogP contribution in [0.5, 0.6) is 0 Å². The minimum Gasteiger partial charge on any atom is -0.347 e. The van der Waals surface area contributed by atoms with Crippen molar-refractivity contribution in [1.29, 1.82) is 0 Å². The second kappa shape index (κ2) is 5.99. The second-order valence-corrected chi connectivity index (χ2v) is 6.55. The zero-order valence-corrected chi connectivity index (χ0v) is 13.7. The SMILES string of the molecule is Cc1cc(C(=O)NCc2sccc2Br)ccc1Br. The first kappa shape index (κ1) is 13.8. The van der Waals surface area contributed by atoms with E-state index in [1.54, 1.807) is 11.3 Å². The maximum Gasteiger partial charge on any atom is 0.251 e. The highest BCUT2D eigenvalue weighted by Gasteiger charge is 2.08. The first-order valence-electron chi connectivity index (χ1n) is 5.34. The third kappa shape index (κ3) is 3.22. The lowest BCUT2D eigenvalue weighted by atomic mass is 10.1. The second-order valence-electron chi connectivity index (χ2n) is 3.84. The van der Waals surface area contributed by atoms with Crippen LogP contribution < -0.4 is 5.32 Å². The van der Waals surface area contributed by atoms with Crippen LogP contribution in [0.4, 0.5) is 0 Å². The molecule has 0 unspecified atom stereocenters. The molecule has 1 aromatic carbocycles. The van der Waals surface area contributed by atoms with E-state index in [1.165, 1.54) is 0 Å². The van der Waals surface area contributed by atoms with Gasteiger partial charge < -0.3 is 5.32 Å². The summed E-state index contributed by atoms with van der Waals surface area (Å²) in [5.41, 5.74) is 1.74. The van der Waals surface area contributed by atoms with Crippen LogP contribution in [0.2, 0.25) is 0 Å². The van der Waals surface area contributed by atoms with E-state index in [9.17, 15) is 4.79 Å². The molecule has 0 aliphatic carbocycles. The van der Waals surface area contributed by atoms with Crippen molar-refractivity contribution in [2.45, 2.75) is 13.5 Å². The number of benzene rings is 1. The van der Waals surface area contributed by atoms with Gasteiger partial charge >= 0.3 is 0 Å². The average molecular weight is 389 g/mol. The van der Waals surface area contributed by atoms with Crippen LogP contribution in [0, 0.1) is 6.92 Å². The zero-order chi connectivity index (χ0) is 13.1. The predicted octanol–water partition coefficient (Wildman–Crippen LogP) is 4.51. The Kier molecular flexibility index (Phi) is 4.59. The highest BCUT2D eigenvalue weighted by Crippen LogP contribution is 2.22. The Morgan fingerprint density at radius 2 is 2.06 bits per heavy atom. The summed E-state index contributed by atoms with van der Waals surface area (Å²) in [6.45, 7) is 2.52. The molecule has 0 bridgehead atoms. The Morgan fingerprint density at radius 1 is 1.28 bits per heavy atom. The minimum absolute atomic E-state index is 0.0501. The quantitative estimate of drug-likeness (QED) is 0.823. The molecule has 2 nitrogen and oxygen atoms in total. The van der Waals surface area contributed by atoms with Crippen molar-refractivity contribution < 1.29 is 4.79 Å². The smallest absolute Gasteiger partial charge is 0.251 e. The first-order chi connectivity index (χ1) is 8.58. The lowest BCUT2D eigenvalue weighted by Crippen LogP contribution is -2.22. The van der Waals surface area contributed by atoms with Crippen LogP contribution >= 0.6 is 43.2 Å². The van der Waals surface area contributed by atoms with Gasteiger partial charge in [0.05, 0.1) is 6.54 Å². The fourth-order valence-electron chi connectivity index (χ4n) is 1.50. The molecule has 0 radical (unpaired) electrons. The largest absolute Gasteiger partial charge is 0.347 e. The molecule has 2 rings (SSSR count). The highest BCUT2D eigenvalue weighted by molar-refractivity contribution is 9.10. The van der Waals surface area contributed by atoms with Gasteiger partial charge in [-0.2, -0.15) is 0 Å². The minimum atomic E-state index is -0.0501. The van der Waals surface area contributed by atoms with Crippen LogP contribution in [0.1, 0.15) is 20.8 Å². The van der Waals surface area contributed by atoms with Gasteiger partial charge in [0.1, 0.15) is 0 Å². The van der Waals surface area contributed by atoms with E-state index in [4.69, 9.17) is 0 Å². The van der Waals surface area contributed by atoms with Crippen LogP contribution in [-0.2, 0) is 6.54 Å². The summed E-state index contributed by atoms with van der Waals surface area (Å²) in [6, 6.07) is 7.57. The van der Waals surface area contributed by atoms with E-state index in [0.29, 0.717) is 12.1 Å². The topological polar surface area (TPSA) is 29.1 Å². The number of hydrogen-bond donors (Lipinski definition) is 1. The number of hydrogen-bond acceptors (Lipinski definition) is 2. The van der Waals surface area contributed by atoms with Gasteiger partial charge in [0, 0.05) is 19.4 Å². The van der Waals surface area contributed by atoms with Gasteiger partial charge in [0.15, 0.2) is 0 Å². The maximum atomic E-state index is 12.0. The molecule has 0 saturated carbocycles. The molecule has 1 amide bonds. The molecule has 0 fully saturated rings. The molecule has 0 aliphatic heterocycles. The van der Waals surface area contributed by atoms with E-state index in [1.807, 2.05) is 36.6 Å². The molecule has 5 heteroatoms. The molecular formula is C13H11Br2NOS. The molecule has 2 aromatic rings. The number of aryl methyl sites for hydroxylation is 1. The van der Waals surface area contributed by atoms with Gasteiger partial charge in [-0.25, -0.2) is 0 Å². The van der Waals surface area contributed by atoms with Gasteiger partial charge in [-0.05, 0) is 58.1 Å². The van der Waals surface area contributed by atoms with Gasteiger partial charge in [-0.1, -0.05) is 15.9 Å². The molecule has 1 aromatic heterocycles. The molecule has 1 heterocycles. The Hall–Kier alpha value is -0.650. The molecule has 94 valence electrons. The van der Waals surface area contributed by atoms with E-state index >= 15 is 0 Å². The molecule has 0 atom stereocenters. The lowest BCUT2D eigenvalue weighted by molar-refractivity contribution is 0.0951. The summed E-state index contributed by atoms with van der Waals surface area (Å²) in [5, 5.41) is 4.91. The molecule has 0 saturated heterocycles. The maximum absolute atomic E-state index is 12.0. The average Bonchev–Trinajstić information content (AvgIpc) is 2.75. The number of amides is 1. The number of rotatable bonds is 3. The number of thiophene rings is 1. The monoisotopic (exact) mass is 387 g/mol. The van der Waals surface area contributed by atoms with E-state index in [-0.39, 0.29) is 5.91 Å². The van der Waals surface area contributed by atoms with Crippen molar-refractivity contribution in [3.05, 3.63) is 54.6 Å². The van der Waals surface area contributed by atoms with Gasteiger partial charge in [0.25, 0.3) is 5.91 Å². The van der Waals surface area contributed by atoms with Crippen molar-refractivity contribution in [2.24, 2.45) is 0 Å². The van der Waals surface area contributed by atoms with Crippen molar-refractivity contribution >= 4 is 49.1 Å². The molecule has 18 heavy (non-hydrogen) atoms. The molecular weight excluding hydrogens is 378 g/mol. The summed E-state index contributed by atoms with van der Waals surface area (Å²) in [4.78, 5) is 13.1. The zero-order valence-electron chi connectivity index (χ0n) is 9.67. The van der Waals surface area contributed by atoms with E-state index in [0.717, 1.165) is 19.4 Å². The summed E-state index contributed by atoms with van der Waals surface area (Å²) in [6.07, 6.45) is 0. The molecule has 0 aliphatic rings. The van der Waals surface area contributed by atoms with Crippen molar-refractivity contribution in [2.75, 3.05) is 0 Å². The fourth-order valence-corrected chi connectivity index (χ4v) is 3.18. The fraction of sp³-hybridized carbons (Fsp3) is 0.154. The number of carbonyl (C=O) groups excluding carboxylic acids is 1. The molecule has 0 spiro atoms. The summed E-state index contributed by atoms with van der Waals surface area (Å²) in [5.74, 6) is -0.0501.